The maximum Gasteiger partial charge on any atom is 0.0456 e. The highest BCUT2D eigenvalue weighted by Crippen LogP contribution is 2.37. The molecule has 1 nitrogen and oxygen atoms in total. The predicted molar refractivity (Wildman–Crippen MR) is 85.5 cm³/mol. The summed E-state index contributed by atoms with van der Waals surface area (Å²) in [6.07, 6.45) is 0. The number of aryl methyl sites for hydroxylation is 2. The molecule has 1 aliphatic rings. The van der Waals surface area contributed by atoms with Crippen molar-refractivity contribution in [2.45, 2.75) is 26.3 Å². The molecule has 0 saturated carbocycles. The molecular formula is C18H20ClN. The summed E-state index contributed by atoms with van der Waals surface area (Å²) in [6.45, 7) is 6.27. The Bertz CT molecular complexity index is 648. The van der Waals surface area contributed by atoms with E-state index in [0.717, 1.165) is 18.1 Å². The van der Waals surface area contributed by atoms with Crippen LogP contribution in [-0.4, -0.2) is 18.5 Å². The molecule has 0 aliphatic carbocycles. The molecule has 2 heteroatoms. The van der Waals surface area contributed by atoms with Gasteiger partial charge in [0.2, 0.25) is 0 Å². The van der Waals surface area contributed by atoms with Crippen molar-refractivity contribution in [3.63, 3.8) is 0 Å². The van der Waals surface area contributed by atoms with E-state index >= 15 is 0 Å². The standard InChI is InChI=1S/C18H20ClN/c1-12-5-4-6-14(7-12)16-10-20(3)11-17-15(16)8-13(2)9-18(17)19/h4-9,16H,10-11H2,1-3H3. The van der Waals surface area contributed by atoms with Crippen molar-refractivity contribution in [2.24, 2.45) is 0 Å². The number of halogens is 1. The van der Waals surface area contributed by atoms with Crippen LogP contribution in [0.25, 0.3) is 0 Å². The van der Waals surface area contributed by atoms with Gasteiger partial charge in [-0.15, -0.1) is 0 Å². The van der Waals surface area contributed by atoms with Crippen LogP contribution in [0.4, 0.5) is 0 Å². The lowest BCUT2D eigenvalue weighted by Crippen LogP contribution is -2.31. The van der Waals surface area contributed by atoms with Gasteiger partial charge >= 0.3 is 0 Å². The second kappa shape index (κ2) is 5.23. The first-order valence-electron chi connectivity index (χ1n) is 7.08. The van der Waals surface area contributed by atoms with Gasteiger partial charge < -0.3 is 4.90 Å². The van der Waals surface area contributed by atoms with E-state index in [-0.39, 0.29) is 0 Å². The fraction of sp³-hybridized carbons (Fsp3) is 0.333. The molecular weight excluding hydrogens is 266 g/mol. The van der Waals surface area contributed by atoms with E-state index in [4.69, 9.17) is 11.6 Å². The average molecular weight is 286 g/mol. The van der Waals surface area contributed by atoms with Crippen molar-refractivity contribution >= 4 is 11.6 Å². The molecule has 0 fully saturated rings. The molecule has 0 aromatic heterocycles. The van der Waals surface area contributed by atoms with Gasteiger partial charge in [0.05, 0.1) is 0 Å². The second-order valence-electron chi connectivity index (χ2n) is 5.98. The third kappa shape index (κ3) is 2.48. The Balaban J connectivity index is 2.15. The van der Waals surface area contributed by atoms with Gasteiger partial charge in [0.25, 0.3) is 0 Å². The van der Waals surface area contributed by atoms with E-state index in [2.05, 4.69) is 62.2 Å². The molecule has 2 aromatic carbocycles. The molecule has 20 heavy (non-hydrogen) atoms. The predicted octanol–water partition coefficient (Wildman–Crippen LogP) is 4.53. The molecule has 1 heterocycles. The minimum atomic E-state index is 0.418. The fourth-order valence-corrected chi connectivity index (χ4v) is 3.53. The number of rotatable bonds is 1. The normalized spacial score (nSPS) is 18.9. The highest BCUT2D eigenvalue weighted by atomic mass is 35.5. The number of fused-ring (bicyclic) bond motifs is 1. The summed E-state index contributed by atoms with van der Waals surface area (Å²) in [5.74, 6) is 0.418. The van der Waals surface area contributed by atoms with Crippen LogP contribution >= 0.6 is 11.6 Å². The van der Waals surface area contributed by atoms with Crippen molar-refractivity contribution in [1.82, 2.24) is 4.90 Å². The minimum absolute atomic E-state index is 0.418. The Kier molecular flexibility index (Phi) is 3.57. The van der Waals surface area contributed by atoms with Gasteiger partial charge in [-0.25, -0.2) is 0 Å². The van der Waals surface area contributed by atoms with Gasteiger partial charge in [-0.3, -0.25) is 0 Å². The molecule has 0 radical (unpaired) electrons. The lowest BCUT2D eigenvalue weighted by atomic mass is 9.83. The van der Waals surface area contributed by atoms with E-state index in [0.29, 0.717) is 5.92 Å². The average Bonchev–Trinajstić information content (AvgIpc) is 2.39. The SMILES string of the molecule is Cc1cccc(C2CN(C)Cc3c(Cl)cc(C)cc32)c1. The lowest BCUT2D eigenvalue weighted by molar-refractivity contribution is 0.295. The van der Waals surface area contributed by atoms with Crippen molar-refractivity contribution < 1.29 is 0 Å². The Hall–Kier alpha value is -1.31. The van der Waals surface area contributed by atoms with Crippen molar-refractivity contribution in [3.05, 3.63) is 69.2 Å². The van der Waals surface area contributed by atoms with Crippen LogP contribution in [0, 0.1) is 13.8 Å². The molecule has 1 aliphatic heterocycles. The zero-order valence-corrected chi connectivity index (χ0v) is 13.0. The highest BCUT2D eigenvalue weighted by molar-refractivity contribution is 6.31. The first-order valence-corrected chi connectivity index (χ1v) is 7.46. The maximum atomic E-state index is 6.47. The Labute approximate surface area is 126 Å². The number of hydrogen-bond acceptors (Lipinski definition) is 1. The van der Waals surface area contributed by atoms with Crippen molar-refractivity contribution in [3.8, 4) is 0 Å². The van der Waals surface area contributed by atoms with Crippen LogP contribution in [0.5, 0.6) is 0 Å². The number of hydrogen-bond donors (Lipinski definition) is 0. The third-order valence-electron chi connectivity index (χ3n) is 4.12. The van der Waals surface area contributed by atoms with Gasteiger partial charge in [0, 0.05) is 24.0 Å². The summed E-state index contributed by atoms with van der Waals surface area (Å²) in [6, 6.07) is 13.2. The van der Waals surface area contributed by atoms with Gasteiger partial charge in [0.15, 0.2) is 0 Å². The Morgan fingerprint density at radius 3 is 2.65 bits per heavy atom. The molecule has 1 unspecified atom stereocenters. The Morgan fingerprint density at radius 2 is 1.90 bits per heavy atom. The second-order valence-corrected chi connectivity index (χ2v) is 6.39. The topological polar surface area (TPSA) is 3.24 Å². The molecule has 0 amide bonds. The fourth-order valence-electron chi connectivity index (χ4n) is 3.19. The molecule has 104 valence electrons. The van der Waals surface area contributed by atoms with Crippen LogP contribution in [-0.2, 0) is 6.54 Å². The summed E-state index contributed by atoms with van der Waals surface area (Å²) in [4.78, 5) is 2.36. The van der Waals surface area contributed by atoms with Gasteiger partial charge in [-0.2, -0.15) is 0 Å². The monoisotopic (exact) mass is 285 g/mol. The quantitative estimate of drug-likeness (QED) is 0.744. The molecule has 0 bridgehead atoms. The van der Waals surface area contributed by atoms with Crippen molar-refractivity contribution in [1.29, 1.82) is 0 Å². The molecule has 2 aromatic rings. The number of benzene rings is 2. The first kappa shape index (κ1) is 13.7. The zero-order valence-electron chi connectivity index (χ0n) is 12.3. The molecule has 1 atom stereocenters. The van der Waals surface area contributed by atoms with Crippen LogP contribution in [0.1, 0.15) is 33.7 Å². The largest absolute Gasteiger partial charge is 0.301 e. The maximum absolute atomic E-state index is 6.47. The third-order valence-corrected chi connectivity index (χ3v) is 4.45. The first-order chi connectivity index (χ1) is 9.54. The van der Waals surface area contributed by atoms with Crippen LogP contribution in [0.3, 0.4) is 0 Å². The minimum Gasteiger partial charge on any atom is -0.301 e. The Morgan fingerprint density at radius 1 is 1.10 bits per heavy atom. The van der Waals surface area contributed by atoms with Crippen LogP contribution in [0.2, 0.25) is 5.02 Å². The summed E-state index contributed by atoms with van der Waals surface area (Å²) < 4.78 is 0. The lowest BCUT2D eigenvalue weighted by Gasteiger charge is -2.33. The zero-order chi connectivity index (χ0) is 14.3. The molecule has 3 rings (SSSR count). The molecule has 0 N–H and O–H groups in total. The van der Waals surface area contributed by atoms with E-state index < -0.39 is 0 Å². The van der Waals surface area contributed by atoms with Gasteiger partial charge in [0.1, 0.15) is 0 Å². The number of likely N-dealkylation sites (N-methyl/N-ethyl adjacent to an activating group) is 1. The van der Waals surface area contributed by atoms with Gasteiger partial charge in [-0.05, 0) is 49.2 Å². The van der Waals surface area contributed by atoms with Crippen molar-refractivity contribution in [2.75, 3.05) is 13.6 Å². The van der Waals surface area contributed by atoms with Crippen LogP contribution in [0.15, 0.2) is 36.4 Å². The summed E-state index contributed by atoms with van der Waals surface area (Å²) in [5, 5.41) is 0.907. The molecule has 0 spiro atoms. The van der Waals surface area contributed by atoms with Gasteiger partial charge in [-0.1, -0.05) is 47.5 Å². The molecule has 0 saturated heterocycles. The van der Waals surface area contributed by atoms with E-state index in [1.165, 1.54) is 27.8 Å². The van der Waals surface area contributed by atoms with E-state index in [1.54, 1.807) is 0 Å². The van der Waals surface area contributed by atoms with E-state index in [1.807, 2.05) is 0 Å². The highest BCUT2D eigenvalue weighted by Gasteiger charge is 2.26. The summed E-state index contributed by atoms with van der Waals surface area (Å²) >= 11 is 6.47. The summed E-state index contributed by atoms with van der Waals surface area (Å²) in [5.41, 5.74) is 6.64. The smallest absolute Gasteiger partial charge is 0.0456 e. The number of nitrogens with zero attached hydrogens (tertiary/aromatic N) is 1. The van der Waals surface area contributed by atoms with E-state index in [9.17, 15) is 0 Å². The summed E-state index contributed by atoms with van der Waals surface area (Å²) in [7, 11) is 2.17. The van der Waals surface area contributed by atoms with Crippen LogP contribution < -0.4 is 0 Å².